The van der Waals surface area contributed by atoms with Crippen molar-refractivity contribution in [2.45, 2.75) is 20.0 Å². The normalized spacial score (nSPS) is 10.5. The molecule has 0 unspecified atom stereocenters. The average molecular weight is 429 g/mol. The Morgan fingerprint density at radius 3 is 2.44 bits per heavy atom. The van der Waals surface area contributed by atoms with Gasteiger partial charge in [0.05, 0.1) is 7.11 Å². The molecule has 7 nitrogen and oxygen atoms in total. The Balaban J connectivity index is 1.37. The molecule has 2 aromatic carbocycles. The van der Waals surface area contributed by atoms with Crippen molar-refractivity contribution in [3.05, 3.63) is 83.2 Å². The Labute approximate surface area is 186 Å². The maximum Gasteiger partial charge on any atom is 0.266 e. The smallest absolute Gasteiger partial charge is 0.266 e. The van der Waals surface area contributed by atoms with Gasteiger partial charge in [0.2, 0.25) is 11.6 Å². The molecule has 0 aliphatic rings. The molecule has 0 saturated carbocycles. The van der Waals surface area contributed by atoms with Crippen LogP contribution in [0.2, 0.25) is 0 Å². The first-order valence-electron chi connectivity index (χ1n) is 10.2. The van der Waals surface area contributed by atoms with Crippen LogP contribution in [0.1, 0.15) is 22.6 Å². The van der Waals surface area contributed by atoms with Crippen LogP contribution in [0.3, 0.4) is 0 Å². The van der Waals surface area contributed by atoms with Crippen molar-refractivity contribution in [2.24, 2.45) is 0 Å². The standard InChI is InChI=1S/C25H23N3O4/c1-17-3-7-20(8-4-17)30-16-21-11-12-23(31-21)25-28-22(15-26)24(32-25)27-14-13-18-5-9-19(29-2)10-6-18/h3-12,27H,13-14,16H2,1-2H3. The number of anilines is 1. The van der Waals surface area contributed by atoms with E-state index in [9.17, 15) is 5.26 Å². The first-order chi connectivity index (χ1) is 15.6. The fourth-order valence-corrected chi connectivity index (χ4v) is 3.09. The molecule has 32 heavy (non-hydrogen) atoms. The minimum atomic E-state index is 0.184. The van der Waals surface area contributed by atoms with E-state index in [0.717, 1.165) is 23.5 Å². The van der Waals surface area contributed by atoms with E-state index < -0.39 is 0 Å². The van der Waals surface area contributed by atoms with Crippen molar-refractivity contribution >= 4 is 5.88 Å². The van der Waals surface area contributed by atoms with Crippen molar-refractivity contribution in [1.82, 2.24) is 4.98 Å². The highest BCUT2D eigenvalue weighted by Gasteiger charge is 2.17. The highest BCUT2D eigenvalue weighted by Crippen LogP contribution is 2.27. The van der Waals surface area contributed by atoms with Gasteiger partial charge in [-0.1, -0.05) is 29.8 Å². The van der Waals surface area contributed by atoms with Gasteiger partial charge in [0.1, 0.15) is 29.9 Å². The summed E-state index contributed by atoms with van der Waals surface area (Å²) in [5.41, 5.74) is 2.49. The molecule has 0 atom stereocenters. The van der Waals surface area contributed by atoms with Crippen molar-refractivity contribution in [3.8, 4) is 29.2 Å². The van der Waals surface area contributed by atoms with Gasteiger partial charge in [0, 0.05) is 6.54 Å². The van der Waals surface area contributed by atoms with E-state index in [0.29, 0.717) is 23.9 Å². The zero-order valence-corrected chi connectivity index (χ0v) is 17.9. The maximum absolute atomic E-state index is 9.41. The van der Waals surface area contributed by atoms with Crippen LogP contribution in [-0.4, -0.2) is 18.6 Å². The maximum atomic E-state index is 9.41. The Morgan fingerprint density at radius 2 is 1.72 bits per heavy atom. The summed E-state index contributed by atoms with van der Waals surface area (Å²) < 4.78 is 22.5. The SMILES string of the molecule is COc1ccc(CCNc2oc(-c3ccc(COc4ccc(C)cc4)o3)nc2C#N)cc1. The summed E-state index contributed by atoms with van der Waals surface area (Å²) in [6, 6.07) is 21.2. The summed E-state index contributed by atoms with van der Waals surface area (Å²) in [5, 5.41) is 12.6. The van der Waals surface area contributed by atoms with Gasteiger partial charge in [-0.3, -0.25) is 0 Å². The molecule has 4 aromatic rings. The second kappa shape index (κ2) is 9.75. The third-order valence-electron chi connectivity index (χ3n) is 4.87. The molecule has 0 bridgehead atoms. The second-order valence-corrected chi connectivity index (χ2v) is 7.20. The predicted octanol–water partition coefficient (Wildman–Crippen LogP) is 5.36. The van der Waals surface area contributed by atoms with Gasteiger partial charge in [0.25, 0.3) is 5.89 Å². The zero-order chi connectivity index (χ0) is 22.3. The van der Waals surface area contributed by atoms with E-state index in [-0.39, 0.29) is 18.2 Å². The molecule has 2 aromatic heterocycles. The number of rotatable bonds is 9. The van der Waals surface area contributed by atoms with Crippen LogP contribution in [0, 0.1) is 18.3 Å². The van der Waals surface area contributed by atoms with Crippen LogP contribution < -0.4 is 14.8 Å². The number of oxazole rings is 1. The lowest BCUT2D eigenvalue weighted by Gasteiger charge is -2.05. The summed E-state index contributed by atoms with van der Waals surface area (Å²) in [5.74, 6) is 3.22. The van der Waals surface area contributed by atoms with Crippen molar-refractivity contribution in [1.29, 1.82) is 5.26 Å². The quantitative estimate of drug-likeness (QED) is 0.383. The number of nitrogens with zero attached hydrogens (tertiary/aromatic N) is 2. The van der Waals surface area contributed by atoms with E-state index in [4.69, 9.17) is 18.3 Å². The average Bonchev–Trinajstić information content (AvgIpc) is 3.46. The van der Waals surface area contributed by atoms with Gasteiger partial charge in [-0.25, -0.2) is 0 Å². The summed E-state index contributed by atoms with van der Waals surface area (Å²) >= 11 is 0. The van der Waals surface area contributed by atoms with Crippen molar-refractivity contribution in [3.63, 3.8) is 0 Å². The number of nitriles is 1. The van der Waals surface area contributed by atoms with Crippen LogP contribution >= 0.6 is 0 Å². The fourth-order valence-electron chi connectivity index (χ4n) is 3.09. The molecule has 162 valence electrons. The van der Waals surface area contributed by atoms with Gasteiger partial charge in [0.15, 0.2) is 5.76 Å². The number of hydrogen-bond donors (Lipinski definition) is 1. The molecule has 7 heteroatoms. The Kier molecular flexibility index (Phi) is 6.42. The van der Waals surface area contributed by atoms with Gasteiger partial charge in [-0.2, -0.15) is 10.2 Å². The van der Waals surface area contributed by atoms with Crippen LogP contribution in [0.15, 0.2) is 69.5 Å². The van der Waals surface area contributed by atoms with Gasteiger partial charge < -0.3 is 23.6 Å². The summed E-state index contributed by atoms with van der Waals surface area (Å²) in [6.45, 7) is 2.89. The molecule has 4 rings (SSSR count). The van der Waals surface area contributed by atoms with E-state index in [1.807, 2.05) is 55.5 Å². The molecule has 0 aliphatic heterocycles. The molecule has 2 heterocycles. The number of nitrogens with one attached hydrogen (secondary N) is 1. The Bertz CT molecular complexity index is 1200. The fraction of sp³-hybridized carbons (Fsp3) is 0.200. The molecule has 0 fully saturated rings. The molecule has 0 aliphatic carbocycles. The second-order valence-electron chi connectivity index (χ2n) is 7.20. The van der Waals surface area contributed by atoms with Crippen molar-refractivity contribution in [2.75, 3.05) is 19.0 Å². The summed E-state index contributed by atoms with van der Waals surface area (Å²) in [4.78, 5) is 4.25. The number of aromatic nitrogens is 1. The van der Waals surface area contributed by atoms with Crippen molar-refractivity contribution < 1.29 is 18.3 Å². The topological polar surface area (TPSA) is 93.4 Å². The predicted molar refractivity (Wildman–Crippen MR) is 120 cm³/mol. The monoisotopic (exact) mass is 429 g/mol. The first kappa shape index (κ1) is 21.1. The van der Waals surface area contributed by atoms with Crippen LogP contribution in [-0.2, 0) is 13.0 Å². The molecule has 0 saturated heterocycles. The van der Waals surface area contributed by atoms with Gasteiger partial charge >= 0.3 is 0 Å². The third-order valence-corrected chi connectivity index (χ3v) is 4.87. The Hall–Kier alpha value is -4.18. The van der Waals surface area contributed by atoms with E-state index >= 15 is 0 Å². The number of methoxy groups -OCH3 is 1. The Morgan fingerprint density at radius 1 is 0.969 bits per heavy atom. The molecular formula is C25H23N3O4. The lowest BCUT2D eigenvalue weighted by Crippen LogP contribution is -2.05. The third kappa shape index (κ3) is 5.10. The zero-order valence-electron chi connectivity index (χ0n) is 17.9. The molecule has 0 amide bonds. The van der Waals surface area contributed by atoms with E-state index in [2.05, 4.69) is 16.4 Å². The van der Waals surface area contributed by atoms with Gasteiger partial charge in [-0.15, -0.1) is 0 Å². The summed E-state index contributed by atoms with van der Waals surface area (Å²) in [7, 11) is 1.64. The molecule has 1 N–H and O–H groups in total. The molecule has 0 spiro atoms. The lowest BCUT2D eigenvalue weighted by atomic mass is 10.1. The molecule has 0 radical (unpaired) electrons. The largest absolute Gasteiger partial charge is 0.497 e. The number of hydrogen-bond acceptors (Lipinski definition) is 7. The molecular weight excluding hydrogens is 406 g/mol. The highest BCUT2D eigenvalue weighted by molar-refractivity contribution is 5.54. The summed E-state index contributed by atoms with van der Waals surface area (Å²) in [6.07, 6.45) is 0.756. The van der Waals surface area contributed by atoms with Gasteiger partial charge in [-0.05, 0) is 55.3 Å². The van der Waals surface area contributed by atoms with Crippen LogP contribution in [0.4, 0.5) is 5.88 Å². The lowest BCUT2D eigenvalue weighted by molar-refractivity contribution is 0.271. The first-order valence-corrected chi connectivity index (χ1v) is 10.2. The minimum absolute atomic E-state index is 0.184. The van der Waals surface area contributed by atoms with Crippen LogP contribution in [0.5, 0.6) is 11.5 Å². The van der Waals surface area contributed by atoms with E-state index in [1.165, 1.54) is 5.56 Å². The number of furan rings is 1. The number of benzene rings is 2. The number of ether oxygens (including phenoxy) is 2. The minimum Gasteiger partial charge on any atom is -0.497 e. The highest BCUT2D eigenvalue weighted by atomic mass is 16.5. The number of aryl methyl sites for hydroxylation is 1. The van der Waals surface area contributed by atoms with E-state index in [1.54, 1.807) is 19.2 Å². The van der Waals surface area contributed by atoms with Crippen LogP contribution in [0.25, 0.3) is 11.7 Å².